The number of hydrogen-bond acceptors (Lipinski definition) is 10. The quantitative estimate of drug-likeness (QED) is 0.217. The van der Waals surface area contributed by atoms with Gasteiger partial charge in [-0.1, -0.05) is 75.6 Å². The predicted molar refractivity (Wildman–Crippen MR) is 211 cm³/mol. The molecular formula is C48H58O10. The molecule has 8 aliphatic heterocycles. The van der Waals surface area contributed by atoms with Crippen LogP contribution in [0.3, 0.4) is 0 Å². The molecule has 2 aromatic carbocycles. The van der Waals surface area contributed by atoms with Crippen LogP contribution < -0.4 is 0 Å². The molecule has 58 heavy (non-hydrogen) atoms. The minimum Gasteiger partial charge on any atom is -0.340 e. The highest BCUT2D eigenvalue weighted by Crippen LogP contribution is 2.62. The first-order valence-corrected chi connectivity index (χ1v) is 21.8. The molecule has 0 N–H and O–H groups in total. The molecule has 0 radical (unpaired) electrons. The van der Waals surface area contributed by atoms with Gasteiger partial charge >= 0.3 is 0 Å². The highest BCUT2D eigenvalue weighted by atomic mass is 17.3. The van der Waals surface area contributed by atoms with Crippen molar-refractivity contribution in [1.29, 1.82) is 0 Å². The maximum atomic E-state index is 6.54. The van der Waals surface area contributed by atoms with E-state index in [1.807, 2.05) is 38.1 Å². The molecule has 10 nitrogen and oxygen atoms in total. The lowest BCUT2D eigenvalue weighted by Crippen LogP contribution is -2.70. The Kier molecular flexibility index (Phi) is 10.1. The molecule has 2 saturated carbocycles. The van der Waals surface area contributed by atoms with E-state index < -0.39 is 47.9 Å². The van der Waals surface area contributed by atoms with Gasteiger partial charge in [0.2, 0.25) is 11.6 Å². The summed E-state index contributed by atoms with van der Waals surface area (Å²) in [5.41, 5.74) is 2.89. The van der Waals surface area contributed by atoms with Crippen molar-refractivity contribution in [3.63, 3.8) is 0 Å². The molecule has 12 rings (SSSR count). The Bertz CT molecular complexity index is 1820. The van der Waals surface area contributed by atoms with Gasteiger partial charge in [0.1, 0.15) is 13.2 Å². The van der Waals surface area contributed by atoms with E-state index in [1.54, 1.807) is 0 Å². The van der Waals surface area contributed by atoms with E-state index in [4.69, 9.17) is 48.0 Å². The second-order valence-corrected chi connectivity index (χ2v) is 18.9. The monoisotopic (exact) mass is 794 g/mol. The second kappa shape index (κ2) is 15.0. The fourth-order valence-corrected chi connectivity index (χ4v) is 12.1. The second-order valence-electron chi connectivity index (χ2n) is 18.9. The van der Waals surface area contributed by atoms with Crippen molar-refractivity contribution in [3.05, 3.63) is 59.7 Å². The Labute approximate surface area is 343 Å². The van der Waals surface area contributed by atoms with Gasteiger partial charge in [0, 0.05) is 47.6 Å². The summed E-state index contributed by atoms with van der Waals surface area (Å²) in [6.07, 6.45) is 6.09. The zero-order chi connectivity index (χ0) is 39.9. The summed E-state index contributed by atoms with van der Waals surface area (Å²) in [4.78, 5) is 24.4. The Balaban J connectivity index is 0.725. The summed E-state index contributed by atoms with van der Waals surface area (Å²) in [5, 5.41) is 0. The average molecular weight is 795 g/mol. The highest BCUT2D eigenvalue weighted by molar-refractivity contribution is 5.65. The summed E-state index contributed by atoms with van der Waals surface area (Å²) < 4.78 is 38.5. The molecule has 310 valence electrons. The van der Waals surface area contributed by atoms with Crippen molar-refractivity contribution in [2.75, 3.05) is 13.2 Å². The molecule has 10 heteroatoms. The lowest BCUT2D eigenvalue weighted by Gasteiger charge is -2.60. The smallest absolute Gasteiger partial charge is 0.201 e. The largest absolute Gasteiger partial charge is 0.340 e. The Hall–Kier alpha value is -2.84. The molecule has 0 aromatic heterocycles. The first kappa shape index (κ1) is 39.3. The molecule has 10 fully saturated rings. The Morgan fingerprint density at radius 3 is 1.36 bits per heavy atom. The zero-order valence-corrected chi connectivity index (χ0v) is 34.7. The predicted octanol–water partition coefficient (Wildman–Crippen LogP) is 8.51. The molecular weight excluding hydrogens is 737 g/mol. The maximum Gasteiger partial charge on any atom is 0.201 e. The van der Waals surface area contributed by atoms with Crippen molar-refractivity contribution in [1.82, 2.24) is 0 Å². The lowest BCUT2D eigenvalue weighted by atomic mass is 9.58. The van der Waals surface area contributed by atoms with Gasteiger partial charge in [0.05, 0.1) is 0 Å². The Morgan fingerprint density at radius 1 is 0.534 bits per heavy atom. The topological polar surface area (TPSA) is 92.3 Å². The van der Waals surface area contributed by atoms with Crippen LogP contribution in [0.25, 0.3) is 11.1 Å². The van der Waals surface area contributed by atoms with Crippen LogP contribution in [0.5, 0.6) is 0 Å². The minimum absolute atomic E-state index is 0.118. The van der Waals surface area contributed by atoms with Gasteiger partial charge in [0.25, 0.3) is 0 Å². The van der Waals surface area contributed by atoms with Gasteiger partial charge in [-0.05, 0) is 111 Å². The standard InChI is InChI=1S/C48H58O10/c1-29-11-21-39-31(3)41(51-43-47(39)37(29)23-25-45(5,53-43)55-57-47)49-27-7-9-33-13-17-35(18-14-33)36-19-15-34(16-20-36)10-8-28-50-42-32(4)40-22-12-30(2)38-24-26-46(6)54-44(52-42)48(38,40)58-56-46/h13-20,29-32,37-44H,11-12,21-28H2,1-6H3/t29-,30-,31-,32-,37+,38+,39+,40+,41+,42+,43-,44-,45-,46-,47-,48-/m1/s1. The van der Waals surface area contributed by atoms with E-state index in [2.05, 4.69) is 75.6 Å². The molecule has 8 heterocycles. The van der Waals surface area contributed by atoms with Crippen LogP contribution in [0, 0.1) is 71.0 Å². The van der Waals surface area contributed by atoms with Gasteiger partial charge in [-0.3, -0.25) is 0 Å². The van der Waals surface area contributed by atoms with Gasteiger partial charge in [-0.25, -0.2) is 19.6 Å². The summed E-state index contributed by atoms with van der Waals surface area (Å²) >= 11 is 0. The van der Waals surface area contributed by atoms with Crippen LogP contribution in [0.15, 0.2) is 48.5 Å². The SMILES string of the molecule is C[C@H]1[C@@H](OCC#Cc2ccc(-c3ccc(C#CCO[C@H]4O[C@@H]5O[C@@]6(C)CC[C@H]7[C@H](C)CC[C@@H]([C@H]4C)[C@@]57OO6)cc3)cc2)O[C@@H]2O[C@@]3(C)CC[C@H]4[C@H](C)CC[C@@H]1[C@@]24OO3. The molecule has 0 amide bonds. The van der Waals surface area contributed by atoms with Gasteiger partial charge < -0.3 is 28.4 Å². The minimum atomic E-state index is -0.801. The van der Waals surface area contributed by atoms with Gasteiger partial charge in [0.15, 0.2) is 36.4 Å². The van der Waals surface area contributed by atoms with E-state index in [0.29, 0.717) is 23.7 Å². The Morgan fingerprint density at radius 2 is 0.948 bits per heavy atom. The third kappa shape index (κ3) is 6.50. The first-order valence-electron chi connectivity index (χ1n) is 21.8. The number of rotatable bonds is 5. The van der Waals surface area contributed by atoms with E-state index >= 15 is 0 Å². The van der Waals surface area contributed by atoms with Crippen molar-refractivity contribution >= 4 is 0 Å². The fraction of sp³-hybridized carbons (Fsp3) is 0.667. The van der Waals surface area contributed by atoms with Crippen LogP contribution in [0.4, 0.5) is 0 Å². The molecule has 2 spiro atoms. The third-order valence-corrected chi connectivity index (χ3v) is 15.4. The van der Waals surface area contributed by atoms with E-state index in [9.17, 15) is 0 Å². The molecule has 2 aliphatic carbocycles. The van der Waals surface area contributed by atoms with Crippen LogP contribution in [0.2, 0.25) is 0 Å². The summed E-state index contributed by atoms with van der Waals surface area (Å²) in [6.45, 7) is 13.5. The van der Waals surface area contributed by atoms with Gasteiger partial charge in [-0.15, -0.1) is 0 Å². The summed E-state index contributed by atoms with van der Waals surface area (Å²) in [6, 6.07) is 16.6. The molecule has 10 aliphatic rings. The van der Waals surface area contributed by atoms with Crippen LogP contribution in [0.1, 0.15) is 104 Å². The van der Waals surface area contributed by atoms with Gasteiger partial charge in [-0.2, -0.15) is 0 Å². The van der Waals surface area contributed by atoms with E-state index in [-0.39, 0.29) is 36.9 Å². The summed E-state index contributed by atoms with van der Waals surface area (Å²) in [5.74, 6) is 13.7. The first-order chi connectivity index (χ1) is 28.0. The molecule has 16 atom stereocenters. The normalized spacial score (nSPS) is 46.0. The number of hydrogen-bond donors (Lipinski definition) is 0. The van der Waals surface area contributed by atoms with E-state index in [0.717, 1.165) is 73.6 Å². The summed E-state index contributed by atoms with van der Waals surface area (Å²) in [7, 11) is 0. The number of benzene rings is 2. The number of fused-ring (bicyclic) bond motifs is 4. The van der Waals surface area contributed by atoms with Crippen molar-refractivity contribution in [2.24, 2.45) is 47.3 Å². The van der Waals surface area contributed by atoms with Crippen molar-refractivity contribution < 1.29 is 48.0 Å². The van der Waals surface area contributed by atoms with Crippen molar-refractivity contribution in [2.45, 2.75) is 141 Å². The van der Waals surface area contributed by atoms with Crippen LogP contribution in [-0.4, -0.2) is 61.2 Å². The molecule has 4 bridgehead atoms. The highest BCUT2D eigenvalue weighted by Gasteiger charge is 2.71. The fourth-order valence-electron chi connectivity index (χ4n) is 12.1. The van der Waals surface area contributed by atoms with E-state index in [1.165, 1.54) is 0 Å². The van der Waals surface area contributed by atoms with Crippen molar-refractivity contribution in [3.8, 4) is 34.8 Å². The van der Waals surface area contributed by atoms with Crippen LogP contribution in [-0.2, 0) is 48.0 Å². The maximum absolute atomic E-state index is 6.54. The zero-order valence-electron chi connectivity index (χ0n) is 34.7. The van der Waals surface area contributed by atoms with Crippen LogP contribution >= 0.6 is 0 Å². The third-order valence-electron chi connectivity index (χ3n) is 15.4. The lowest BCUT2D eigenvalue weighted by molar-refractivity contribution is -0.577. The number of ether oxygens (including phenoxy) is 6. The molecule has 8 saturated heterocycles. The average Bonchev–Trinajstić information content (AvgIpc) is 3.60. The molecule has 2 aromatic rings. The molecule has 0 unspecified atom stereocenters.